The molecule has 0 fully saturated rings. The first kappa shape index (κ1) is 13.1. The van der Waals surface area contributed by atoms with Gasteiger partial charge in [-0.3, -0.25) is 4.68 Å². The van der Waals surface area contributed by atoms with Crippen LogP contribution in [-0.4, -0.2) is 9.78 Å². The molecule has 1 heterocycles. The van der Waals surface area contributed by atoms with Crippen molar-refractivity contribution in [3.05, 3.63) is 47.0 Å². The highest BCUT2D eigenvalue weighted by atomic mass is 79.9. The highest BCUT2D eigenvalue weighted by Gasteiger charge is 2.07. The summed E-state index contributed by atoms with van der Waals surface area (Å²) in [6, 6.07) is 6.88. The second kappa shape index (κ2) is 5.52. The van der Waals surface area contributed by atoms with Crippen molar-refractivity contribution in [1.82, 2.24) is 9.78 Å². The lowest BCUT2D eigenvalue weighted by Crippen LogP contribution is -2.04. The van der Waals surface area contributed by atoms with E-state index in [9.17, 15) is 4.39 Å². The van der Waals surface area contributed by atoms with Gasteiger partial charge in [-0.15, -0.1) is 0 Å². The second-order valence-electron chi connectivity index (χ2n) is 4.09. The molecular formula is C13H14BrFN2O. The molecule has 96 valence electrons. The van der Waals surface area contributed by atoms with E-state index in [1.165, 1.54) is 6.07 Å². The van der Waals surface area contributed by atoms with E-state index >= 15 is 0 Å². The van der Waals surface area contributed by atoms with Crippen molar-refractivity contribution in [2.45, 2.75) is 18.9 Å². The number of hydrogen-bond acceptors (Lipinski definition) is 2. The van der Waals surface area contributed by atoms with Crippen LogP contribution in [0.1, 0.15) is 17.0 Å². The van der Waals surface area contributed by atoms with Crippen molar-refractivity contribution < 1.29 is 9.13 Å². The Labute approximate surface area is 114 Å². The quantitative estimate of drug-likeness (QED) is 0.810. The monoisotopic (exact) mass is 312 g/mol. The van der Waals surface area contributed by atoms with Gasteiger partial charge in [-0.05, 0) is 30.7 Å². The molecule has 1 aromatic carbocycles. The average molecular weight is 313 g/mol. The molecule has 0 saturated heterocycles. The summed E-state index contributed by atoms with van der Waals surface area (Å²) in [6.45, 7) is 2.22. The molecule has 0 atom stereocenters. The Balaban J connectivity index is 2.08. The number of benzene rings is 1. The maximum atomic E-state index is 13.7. The fourth-order valence-corrected chi connectivity index (χ4v) is 2.04. The van der Waals surface area contributed by atoms with E-state index in [2.05, 4.69) is 21.0 Å². The van der Waals surface area contributed by atoms with Crippen LogP contribution in [0.15, 0.2) is 24.3 Å². The average Bonchev–Trinajstić information content (AvgIpc) is 2.66. The van der Waals surface area contributed by atoms with Gasteiger partial charge in [0.25, 0.3) is 0 Å². The maximum Gasteiger partial charge on any atom is 0.165 e. The molecule has 5 heteroatoms. The van der Waals surface area contributed by atoms with Crippen LogP contribution < -0.4 is 4.74 Å². The van der Waals surface area contributed by atoms with Crippen LogP contribution in [0.2, 0.25) is 0 Å². The summed E-state index contributed by atoms with van der Waals surface area (Å²) >= 11 is 3.29. The van der Waals surface area contributed by atoms with Crippen molar-refractivity contribution in [3.8, 4) is 5.75 Å². The summed E-state index contributed by atoms with van der Waals surface area (Å²) in [5.41, 5.74) is 2.72. The molecule has 0 unspecified atom stereocenters. The third-order valence-corrected chi connectivity index (χ3v) is 3.27. The predicted octanol–water partition coefficient (Wildman–Crippen LogP) is 3.34. The minimum atomic E-state index is -0.342. The summed E-state index contributed by atoms with van der Waals surface area (Å²) in [5.74, 6) is -0.0793. The molecule has 0 aliphatic heterocycles. The maximum absolute atomic E-state index is 13.7. The standard InChI is InChI=1S/C13H14BrFN2O/c1-9-5-11(17(2)16-9)8-18-13-4-3-10(7-14)6-12(13)15/h3-6H,7-8H2,1-2H3. The minimum Gasteiger partial charge on any atom is -0.484 e. The number of rotatable bonds is 4. The number of hydrogen-bond donors (Lipinski definition) is 0. The van der Waals surface area contributed by atoms with Crippen molar-refractivity contribution in [2.75, 3.05) is 0 Å². The van der Waals surface area contributed by atoms with Gasteiger partial charge in [-0.2, -0.15) is 5.10 Å². The zero-order valence-corrected chi connectivity index (χ0v) is 11.9. The summed E-state index contributed by atoms with van der Waals surface area (Å²) in [5, 5.41) is 4.84. The SMILES string of the molecule is Cc1cc(COc2ccc(CBr)cc2F)n(C)n1. The highest BCUT2D eigenvalue weighted by Crippen LogP contribution is 2.20. The van der Waals surface area contributed by atoms with Crippen molar-refractivity contribution in [2.24, 2.45) is 7.05 Å². The normalized spacial score (nSPS) is 10.7. The van der Waals surface area contributed by atoms with Crippen LogP contribution >= 0.6 is 15.9 Å². The van der Waals surface area contributed by atoms with Crippen LogP contribution in [0.5, 0.6) is 5.75 Å². The summed E-state index contributed by atoms with van der Waals surface area (Å²) in [4.78, 5) is 0. The fraction of sp³-hybridized carbons (Fsp3) is 0.308. The molecule has 1 aromatic heterocycles. The molecular weight excluding hydrogens is 299 g/mol. The topological polar surface area (TPSA) is 27.1 Å². The molecule has 0 radical (unpaired) electrons. The van der Waals surface area contributed by atoms with E-state index in [1.807, 2.05) is 26.1 Å². The number of alkyl halides is 1. The van der Waals surface area contributed by atoms with Gasteiger partial charge >= 0.3 is 0 Å². The largest absolute Gasteiger partial charge is 0.484 e. The van der Waals surface area contributed by atoms with E-state index in [-0.39, 0.29) is 11.6 Å². The van der Waals surface area contributed by atoms with Crippen molar-refractivity contribution in [1.29, 1.82) is 0 Å². The number of ether oxygens (including phenoxy) is 1. The van der Waals surface area contributed by atoms with Gasteiger partial charge in [0, 0.05) is 12.4 Å². The zero-order valence-electron chi connectivity index (χ0n) is 10.3. The summed E-state index contributed by atoms with van der Waals surface area (Å²) < 4.78 is 20.9. The Kier molecular flexibility index (Phi) is 4.01. The minimum absolute atomic E-state index is 0.263. The third kappa shape index (κ3) is 2.90. The van der Waals surface area contributed by atoms with Crippen LogP contribution in [0, 0.1) is 12.7 Å². The Bertz CT molecular complexity index is 554. The zero-order chi connectivity index (χ0) is 13.1. The highest BCUT2D eigenvalue weighted by molar-refractivity contribution is 9.08. The molecule has 0 spiro atoms. The molecule has 18 heavy (non-hydrogen) atoms. The first-order valence-electron chi connectivity index (χ1n) is 5.57. The molecule has 0 bridgehead atoms. The lowest BCUT2D eigenvalue weighted by molar-refractivity contribution is 0.280. The Morgan fingerprint density at radius 1 is 1.39 bits per heavy atom. The van der Waals surface area contributed by atoms with Crippen LogP contribution in [0.3, 0.4) is 0 Å². The van der Waals surface area contributed by atoms with Gasteiger partial charge in [-0.25, -0.2) is 4.39 Å². The van der Waals surface area contributed by atoms with E-state index in [1.54, 1.807) is 10.7 Å². The van der Waals surface area contributed by atoms with Gasteiger partial charge in [0.15, 0.2) is 11.6 Å². The summed E-state index contributed by atoms with van der Waals surface area (Å²) in [7, 11) is 1.84. The Hall–Kier alpha value is -1.36. The van der Waals surface area contributed by atoms with E-state index < -0.39 is 0 Å². The van der Waals surface area contributed by atoms with Crippen LogP contribution in [0.4, 0.5) is 4.39 Å². The van der Waals surface area contributed by atoms with Gasteiger partial charge < -0.3 is 4.74 Å². The van der Waals surface area contributed by atoms with Gasteiger partial charge in [0.2, 0.25) is 0 Å². The Morgan fingerprint density at radius 3 is 2.72 bits per heavy atom. The lowest BCUT2D eigenvalue weighted by atomic mass is 10.2. The molecule has 0 amide bonds. The third-order valence-electron chi connectivity index (χ3n) is 2.63. The van der Waals surface area contributed by atoms with Gasteiger partial charge in [-0.1, -0.05) is 22.0 Å². The molecule has 0 aliphatic rings. The number of aryl methyl sites for hydroxylation is 2. The molecule has 2 rings (SSSR count). The van der Waals surface area contributed by atoms with Gasteiger partial charge in [0.05, 0.1) is 11.4 Å². The number of nitrogens with zero attached hydrogens (tertiary/aromatic N) is 2. The van der Waals surface area contributed by atoms with Gasteiger partial charge in [0.1, 0.15) is 6.61 Å². The fourth-order valence-electron chi connectivity index (χ4n) is 1.70. The number of halogens is 2. The van der Waals surface area contributed by atoms with E-state index in [0.717, 1.165) is 17.0 Å². The molecule has 3 nitrogen and oxygen atoms in total. The second-order valence-corrected chi connectivity index (χ2v) is 4.65. The first-order chi connectivity index (χ1) is 8.60. The molecule has 0 saturated carbocycles. The lowest BCUT2D eigenvalue weighted by Gasteiger charge is -2.08. The van der Waals surface area contributed by atoms with E-state index in [4.69, 9.17) is 4.74 Å². The smallest absolute Gasteiger partial charge is 0.165 e. The molecule has 2 aromatic rings. The Morgan fingerprint density at radius 2 is 2.17 bits per heavy atom. The number of aromatic nitrogens is 2. The molecule has 0 N–H and O–H groups in total. The summed E-state index contributed by atoms with van der Waals surface area (Å²) in [6.07, 6.45) is 0. The first-order valence-corrected chi connectivity index (χ1v) is 6.69. The van der Waals surface area contributed by atoms with Crippen molar-refractivity contribution in [3.63, 3.8) is 0 Å². The van der Waals surface area contributed by atoms with Crippen LogP contribution in [0.25, 0.3) is 0 Å². The van der Waals surface area contributed by atoms with Crippen molar-refractivity contribution >= 4 is 15.9 Å². The van der Waals surface area contributed by atoms with E-state index in [0.29, 0.717) is 11.9 Å². The van der Waals surface area contributed by atoms with Crippen LogP contribution in [-0.2, 0) is 19.0 Å². The predicted molar refractivity (Wildman–Crippen MR) is 71.3 cm³/mol. The molecule has 0 aliphatic carbocycles.